The van der Waals surface area contributed by atoms with Crippen molar-refractivity contribution in [3.05, 3.63) is 0 Å². The van der Waals surface area contributed by atoms with E-state index in [1.165, 1.54) is 0 Å². The molecular formula is C8H14N2O2. The average molecular weight is 170 g/mol. The minimum Gasteiger partial charge on any atom is -0.350 e. The summed E-state index contributed by atoms with van der Waals surface area (Å²) in [6.07, 6.45) is 0.472. The van der Waals surface area contributed by atoms with Gasteiger partial charge in [-0.3, -0.25) is 9.59 Å². The first kappa shape index (κ1) is 9.03. The molecule has 0 saturated carbocycles. The normalized spacial score (nSPS) is 23.7. The maximum absolute atomic E-state index is 11.2. The Morgan fingerprint density at radius 3 is 2.92 bits per heavy atom. The van der Waals surface area contributed by atoms with E-state index in [4.69, 9.17) is 0 Å². The van der Waals surface area contributed by atoms with Gasteiger partial charge in [0.2, 0.25) is 11.8 Å². The molecule has 1 unspecified atom stereocenters. The SMILES string of the molecule is CCC(=O)N1CC(=O)NC(C)C1. The van der Waals surface area contributed by atoms with Crippen LogP contribution in [0, 0.1) is 0 Å². The molecule has 1 atom stereocenters. The van der Waals surface area contributed by atoms with Gasteiger partial charge in [-0.2, -0.15) is 0 Å². The maximum atomic E-state index is 11.2. The molecular weight excluding hydrogens is 156 g/mol. The summed E-state index contributed by atoms with van der Waals surface area (Å²) in [5.41, 5.74) is 0. The van der Waals surface area contributed by atoms with E-state index < -0.39 is 0 Å². The molecule has 2 amide bonds. The van der Waals surface area contributed by atoms with Crippen LogP contribution in [0.2, 0.25) is 0 Å². The van der Waals surface area contributed by atoms with Gasteiger partial charge in [-0.05, 0) is 6.92 Å². The smallest absolute Gasteiger partial charge is 0.239 e. The van der Waals surface area contributed by atoms with E-state index >= 15 is 0 Å². The Bertz CT molecular complexity index is 203. The Morgan fingerprint density at radius 2 is 2.42 bits per heavy atom. The third kappa shape index (κ3) is 1.96. The molecule has 12 heavy (non-hydrogen) atoms. The zero-order chi connectivity index (χ0) is 9.14. The van der Waals surface area contributed by atoms with E-state index in [9.17, 15) is 9.59 Å². The monoisotopic (exact) mass is 170 g/mol. The van der Waals surface area contributed by atoms with Crippen molar-refractivity contribution in [2.24, 2.45) is 0 Å². The quantitative estimate of drug-likeness (QED) is 0.589. The van der Waals surface area contributed by atoms with Gasteiger partial charge in [0.25, 0.3) is 0 Å². The fourth-order valence-electron chi connectivity index (χ4n) is 1.35. The van der Waals surface area contributed by atoms with E-state index in [2.05, 4.69) is 5.32 Å². The van der Waals surface area contributed by atoms with Gasteiger partial charge in [0.15, 0.2) is 0 Å². The number of carbonyl (C=O) groups is 2. The van der Waals surface area contributed by atoms with Crippen LogP contribution >= 0.6 is 0 Å². The molecule has 0 spiro atoms. The lowest BCUT2D eigenvalue weighted by molar-refractivity contribution is -0.139. The van der Waals surface area contributed by atoms with Crippen LogP contribution in [0.5, 0.6) is 0 Å². The summed E-state index contributed by atoms with van der Waals surface area (Å²) >= 11 is 0. The van der Waals surface area contributed by atoms with Crippen LogP contribution in [0.15, 0.2) is 0 Å². The van der Waals surface area contributed by atoms with Gasteiger partial charge in [-0.25, -0.2) is 0 Å². The van der Waals surface area contributed by atoms with Gasteiger partial charge in [0, 0.05) is 19.0 Å². The Morgan fingerprint density at radius 1 is 1.75 bits per heavy atom. The van der Waals surface area contributed by atoms with Crippen LogP contribution in [0.3, 0.4) is 0 Å². The molecule has 1 aliphatic heterocycles. The van der Waals surface area contributed by atoms with Crippen molar-refractivity contribution >= 4 is 11.8 Å². The van der Waals surface area contributed by atoms with Gasteiger partial charge < -0.3 is 10.2 Å². The topological polar surface area (TPSA) is 49.4 Å². The highest BCUT2D eigenvalue weighted by Crippen LogP contribution is 2.01. The van der Waals surface area contributed by atoms with Crippen LogP contribution in [0.4, 0.5) is 0 Å². The standard InChI is InChI=1S/C8H14N2O2/c1-3-8(12)10-4-6(2)9-7(11)5-10/h6H,3-5H2,1-2H3,(H,9,11). The molecule has 0 aromatic rings. The molecule has 68 valence electrons. The van der Waals surface area contributed by atoms with Crippen LogP contribution in [-0.4, -0.2) is 35.8 Å². The predicted octanol–water partition coefficient (Wildman–Crippen LogP) is -0.257. The highest BCUT2D eigenvalue weighted by atomic mass is 16.2. The molecule has 0 aromatic heterocycles. The van der Waals surface area contributed by atoms with Crippen LogP contribution in [0.25, 0.3) is 0 Å². The molecule has 0 aliphatic carbocycles. The number of carbonyl (C=O) groups excluding carboxylic acids is 2. The molecule has 1 N–H and O–H groups in total. The van der Waals surface area contributed by atoms with Crippen LogP contribution in [-0.2, 0) is 9.59 Å². The molecule has 1 heterocycles. The second-order valence-corrected chi connectivity index (χ2v) is 3.10. The van der Waals surface area contributed by atoms with Gasteiger partial charge in [-0.1, -0.05) is 6.92 Å². The summed E-state index contributed by atoms with van der Waals surface area (Å²) in [5.74, 6) is -0.00718. The van der Waals surface area contributed by atoms with Crippen molar-refractivity contribution in [1.29, 1.82) is 0 Å². The Hall–Kier alpha value is -1.06. The third-order valence-electron chi connectivity index (χ3n) is 1.89. The maximum Gasteiger partial charge on any atom is 0.239 e. The van der Waals surface area contributed by atoms with Crippen LogP contribution < -0.4 is 5.32 Å². The molecule has 1 saturated heterocycles. The second-order valence-electron chi connectivity index (χ2n) is 3.10. The Kier molecular flexibility index (Phi) is 2.68. The first-order chi connectivity index (χ1) is 5.63. The fraction of sp³-hybridized carbons (Fsp3) is 0.750. The molecule has 0 radical (unpaired) electrons. The molecule has 4 nitrogen and oxygen atoms in total. The largest absolute Gasteiger partial charge is 0.350 e. The van der Waals surface area contributed by atoms with E-state index in [-0.39, 0.29) is 24.4 Å². The number of nitrogens with one attached hydrogen (secondary N) is 1. The Labute approximate surface area is 71.9 Å². The number of hydrogen-bond acceptors (Lipinski definition) is 2. The predicted molar refractivity (Wildman–Crippen MR) is 44.5 cm³/mol. The van der Waals surface area contributed by atoms with Crippen LogP contribution in [0.1, 0.15) is 20.3 Å². The number of rotatable bonds is 1. The van der Waals surface area contributed by atoms with E-state index in [1.54, 1.807) is 11.8 Å². The van der Waals surface area contributed by atoms with Crippen molar-refractivity contribution in [3.63, 3.8) is 0 Å². The lowest BCUT2D eigenvalue weighted by Gasteiger charge is -2.30. The molecule has 0 bridgehead atoms. The highest BCUT2D eigenvalue weighted by molar-refractivity contribution is 5.86. The number of piperazine rings is 1. The van der Waals surface area contributed by atoms with Gasteiger partial charge in [0.1, 0.15) is 0 Å². The highest BCUT2D eigenvalue weighted by Gasteiger charge is 2.23. The molecule has 0 aromatic carbocycles. The first-order valence-electron chi connectivity index (χ1n) is 4.20. The lowest BCUT2D eigenvalue weighted by Crippen LogP contribution is -2.54. The lowest BCUT2D eigenvalue weighted by atomic mass is 10.2. The van der Waals surface area contributed by atoms with Gasteiger partial charge in [-0.15, -0.1) is 0 Å². The van der Waals surface area contributed by atoms with E-state index in [0.29, 0.717) is 13.0 Å². The number of nitrogens with zero attached hydrogens (tertiary/aromatic N) is 1. The van der Waals surface area contributed by atoms with Crippen molar-refractivity contribution in [2.75, 3.05) is 13.1 Å². The summed E-state index contributed by atoms with van der Waals surface area (Å²) in [6, 6.07) is 0.0850. The molecule has 1 rings (SSSR count). The van der Waals surface area contributed by atoms with E-state index in [0.717, 1.165) is 0 Å². The van der Waals surface area contributed by atoms with Gasteiger partial charge >= 0.3 is 0 Å². The summed E-state index contributed by atoms with van der Waals surface area (Å²) in [7, 11) is 0. The van der Waals surface area contributed by atoms with Gasteiger partial charge in [0.05, 0.1) is 6.54 Å². The fourth-order valence-corrected chi connectivity index (χ4v) is 1.35. The first-order valence-corrected chi connectivity index (χ1v) is 4.20. The summed E-state index contributed by atoms with van der Waals surface area (Å²) in [6.45, 7) is 4.56. The summed E-state index contributed by atoms with van der Waals surface area (Å²) in [5, 5.41) is 2.76. The Balaban J connectivity index is 2.55. The molecule has 4 heteroatoms. The van der Waals surface area contributed by atoms with Crippen molar-refractivity contribution < 1.29 is 9.59 Å². The van der Waals surface area contributed by atoms with Crippen molar-refractivity contribution in [2.45, 2.75) is 26.3 Å². The molecule has 1 fully saturated rings. The number of hydrogen-bond donors (Lipinski definition) is 1. The third-order valence-corrected chi connectivity index (χ3v) is 1.89. The second kappa shape index (κ2) is 3.56. The van der Waals surface area contributed by atoms with Crippen molar-refractivity contribution in [3.8, 4) is 0 Å². The average Bonchev–Trinajstić information content (AvgIpc) is 2.01. The summed E-state index contributed by atoms with van der Waals surface area (Å²) in [4.78, 5) is 23.8. The van der Waals surface area contributed by atoms with E-state index in [1.807, 2.05) is 6.92 Å². The minimum absolute atomic E-state index is 0.0525. The molecule has 1 aliphatic rings. The zero-order valence-corrected chi connectivity index (χ0v) is 7.46. The van der Waals surface area contributed by atoms with Crippen molar-refractivity contribution in [1.82, 2.24) is 10.2 Å². The minimum atomic E-state index is -0.0597. The number of amides is 2. The zero-order valence-electron chi connectivity index (χ0n) is 7.46. The summed E-state index contributed by atoms with van der Waals surface area (Å²) < 4.78 is 0.